The molecule has 1 saturated heterocycles. The van der Waals surface area contributed by atoms with Gasteiger partial charge in [0.1, 0.15) is 0 Å². The summed E-state index contributed by atoms with van der Waals surface area (Å²) in [5.41, 5.74) is 1.70. The Morgan fingerprint density at radius 3 is 2.52 bits per heavy atom. The van der Waals surface area contributed by atoms with Gasteiger partial charge in [-0.15, -0.1) is 0 Å². The molecule has 0 radical (unpaired) electrons. The minimum atomic E-state index is -3.62. The van der Waals surface area contributed by atoms with Crippen LogP contribution in [0.25, 0.3) is 0 Å². The fourth-order valence-corrected chi connectivity index (χ4v) is 5.55. The number of aromatic nitrogens is 2. The number of rotatable bonds is 4. The Hall–Kier alpha value is -2.52. The predicted molar refractivity (Wildman–Crippen MR) is 110 cm³/mol. The quantitative estimate of drug-likeness (QED) is 0.817. The van der Waals surface area contributed by atoms with Gasteiger partial charge in [-0.2, -0.15) is 0 Å². The van der Waals surface area contributed by atoms with E-state index in [2.05, 4.69) is 19.6 Å². The lowest BCUT2D eigenvalue weighted by atomic mass is 10.1. The van der Waals surface area contributed by atoms with Crippen LogP contribution in [0.5, 0.6) is 0 Å². The van der Waals surface area contributed by atoms with Crippen LogP contribution in [0.3, 0.4) is 0 Å². The number of hydrogen-bond donors (Lipinski definition) is 1. The Kier molecular flexibility index (Phi) is 5.26. The van der Waals surface area contributed by atoms with Gasteiger partial charge in [-0.3, -0.25) is 4.79 Å². The van der Waals surface area contributed by atoms with E-state index < -0.39 is 10.0 Å². The molecule has 2 aliphatic rings. The fourth-order valence-electron chi connectivity index (χ4n) is 4.19. The van der Waals surface area contributed by atoms with Gasteiger partial charge in [0.05, 0.1) is 4.90 Å². The lowest BCUT2D eigenvalue weighted by Gasteiger charge is -2.32. The summed E-state index contributed by atoms with van der Waals surface area (Å²) in [5, 5.41) is 0. The van der Waals surface area contributed by atoms with E-state index in [4.69, 9.17) is 0 Å². The second-order valence-corrected chi connectivity index (χ2v) is 9.38. The van der Waals surface area contributed by atoms with Crippen molar-refractivity contribution in [1.29, 1.82) is 0 Å². The summed E-state index contributed by atoms with van der Waals surface area (Å²) in [4.78, 5) is 24.4. The molecular weight excluding hydrogens is 390 g/mol. The van der Waals surface area contributed by atoms with E-state index in [0.29, 0.717) is 38.3 Å². The molecule has 1 unspecified atom stereocenters. The SMILES string of the molecule is CC(=O)N1c2ccc(S(=O)(=O)NC3CCN(c4ncccn4)CC3)cc2CC1C. The molecule has 1 N–H and O–H groups in total. The molecule has 2 aliphatic heterocycles. The van der Waals surface area contributed by atoms with Gasteiger partial charge in [0, 0.05) is 50.2 Å². The monoisotopic (exact) mass is 415 g/mol. The minimum Gasteiger partial charge on any atom is -0.341 e. The molecule has 3 heterocycles. The maximum absolute atomic E-state index is 12.9. The summed E-state index contributed by atoms with van der Waals surface area (Å²) < 4.78 is 28.7. The summed E-state index contributed by atoms with van der Waals surface area (Å²) in [5.74, 6) is 0.649. The van der Waals surface area contributed by atoms with Crippen molar-refractivity contribution < 1.29 is 13.2 Å². The molecule has 1 aromatic heterocycles. The van der Waals surface area contributed by atoms with Crippen molar-refractivity contribution in [3.05, 3.63) is 42.2 Å². The molecule has 0 aliphatic carbocycles. The number of sulfonamides is 1. The van der Waals surface area contributed by atoms with Crippen molar-refractivity contribution in [2.24, 2.45) is 0 Å². The third-order valence-corrected chi connectivity index (χ3v) is 7.09. The molecule has 8 nitrogen and oxygen atoms in total. The van der Waals surface area contributed by atoms with Crippen LogP contribution in [0.1, 0.15) is 32.3 Å². The fraction of sp³-hybridized carbons (Fsp3) is 0.450. The molecule has 154 valence electrons. The Bertz CT molecular complexity index is 1000. The molecule has 0 spiro atoms. The number of piperidine rings is 1. The van der Waals surface area contributed by atoms with Crippen molar-refractivity contribution in [2.45, 2.75) is 50.1 Å². The highest BCUT2D eigenvalue weighted by atomic mass is 32.2. The van der Waals surface area contributed by atoms with Crippen LogP contribution in [0.15, 0.2) is 41.6 Å². The molecule has 2 aromatic rings. The van der Waals surface area contributed by atoms with Crippen LogP contribution in [0, 0.1) is 0 Å². The van der Waals surface area contributed by atoms with E-state index in [0.717, 1.165) is 11.3 Å². The zero-order valence-corrected chi connectivity index (χ0v) is 17.4. The van der Waals surface area contributed by atoms with Gasteiger partial charge in [0.25, 0.3) is 0 Å². The maximum atomic E-state index is 12.9. The van der Waals surface area contributed by atoms with Gasteiger partial charge in [-0.25, -0.2) is 23.1 Å². The van der Waals surface area contributed by atoms with Crippen LogP contribution in [0.4, 0.5) is 11.6 Å². The van der Waals surface area contributed by atoms with Crippen molar-refractivity contribution in [1.82, 2.24) is 14.7 Å². The number of carbonyl (C=O) groups is 1. The highest BCUT2D eigenvalue weighted by Gasteiger charge is 2.31. The van der Waals surface area contributed by atoms with E-state index in [1.165, 1.54) is 6.92 Å². The van der Waals surface area contributed by atoms with Gasteiger partial charge in [0.15, 0.2) is 0 Å². The van der Waals surface area contributed by atoms with E-state index in [-0.39, 0.29) is 22.9 Å². The number of hydrogen-bond acceptors (Lipinski definition) is 6. The van der Waals surface area contributed by atoms with E-state index in [1.54, 1.807) is 41.6 Å². The largest absolute Gasteiger partial charge is 0.341 e. The molecule has 1 fully saturated rings. The molecule has 4 rings (SSSR count). The minimum absolute atomic E-state index is 0.0286. The number of nitrogens with zero attached hydrogens (tertiary/aromatic N) is 4. The zero-order valence-electron chi connectivity index (χ0n) is 16.6. The smallest absolute Gasteiger partial charge is 0.240 e. The van der Waals surface area contributed by atoms with Crippen molar-refractivity contribution >= 4 is 27.6 Å². The normalized spacial score (nSPS) is 20.0. The maximum Gasteiger partial charge on any atom is 0.240 e. The standard InChI is InChI=1S/C20H25N5O3S/c1-14-12-16-13-18(4-5-19(16)25(14)15(2)26)29(27,28)23-17-6-10-24(11-7-17)20-21-8-3-9-22-20/h3-5,8-9,13-14,17,23H,6-7,10-12H2,1-2H3. The number of fused-ring (bicyclic) bond motifs is 1. The highest BCUT2D eigenvalue weighted by molar-refractivity contribution is 7.89. The number of amides is 1. The van der Waals surface area contributed by atoms with Gasteiger partial charge in [-0.05, 0) is 56.0 Å². The third kappa shape index (κ3) is 3.97. The first-order chi connectivity index (χ1) is 13.8. The second kappa shape index (κ2) is 7.72. The molecule has 1 atom stereocenters. The van der Waals surface area contributed by atoms with Crippen LogP contribution in [0.2, 0.25) is 0 Å². The van der Waals surface area contributed by atoms with Crippen LogP contribution >= 0.6 is 0 Å². The Morgan fingerprint density at radius 2 is 1.86 bits per heavy atom. The lowest BCUT2D eigenvalue weighted by Crippen LogP contribution is -2.45. The summed E-state index contributed by atoms with van der Waals surface area (Å²) in [6.45, 7) is 4.90. The molecular formula is C20H25N5O3S. The first-order valence-electron chi connectivity index (χ1n) is 9.82. The van der Waals surface area contributed by atoms with Crippen LogP contribution in [-0.2, 0) is 21.2 Å². The van der Waals surface area contributed by atoms with Crippen molar-refractivity contribution in [3.8, 4) is 0 Å². The lowest BCUT2D eigenvalue weighted by molar-refractivity contribution is -0.116. The van der Waals surface area contributed by atoms with Crippen molar-refractivity contribution in [3.63, 3.8) is 0 Å². The zero-order chi connectivity index (χ0) is 20.6. The molecule has 0 saturated carbocycles. The van der Waals surface area contributed by atoms with Gasteiger partial charge < -0.3 is 9.80 Å². The predicted octanol–water partition coefficient (Wildman–Crippen LogP) is 1.72. The van der Waals surface area contributed by atoms with E-state index in [1.807, 2.05) is 6.92 Å². The number of nitrogens with one attached hydrogen (secondary N) is 1. The highest BCUT2D eigenvalue weighted by Crippen LogP contribution is 2.34. The Labute approximate surface area is 171 Å². The first-order valence-corrected chi connectivity index (χ1v) is 11.3. The second-order valence-electron chi connectivity index (χ2n) is 7.66. The summed E-state index contributed by atoms with van der Waals surface area (Å²) in [6, 6.07) is 6.71. The number of benzene rings is 1. The van der Waals surface area contributed by atoms with Gasteiger partial charge in [-0.1, -0.05) is 0 Å². The topological polar surface area (TPSA) is 95.5 Å². The first kappa shape index (κ1) is 19.8. The van der Waals surface area contributed by atoms with Crippen molar-refractivity contribution in [2.75, 3.05) is 22.9 Å². The summed E-state index contributed by atoms with van der Waals surface area (Å²) in [7, 11) is -3.62. The Morgan fingerprint density at radius 1 is 1.17 bits per heavy atom. The molecule has 9 heteroatoms. The summed E-state index contributed by atoms with van der Waals surface area (Å²) in [6.07, 6.45) is 5.46. The van der Waals surface area contributed by atoms with Gasteiger partial charge in [0.2, 0.25) is 21.9 Å². The van der Waals surface area contributed by atoms with Crippen LogP contribution in [-0.4, -0.2) is 49.5 Å². The average Bonchev–Trinajstić information content (AvgIpc) is 3.04. The van der Waals surface area contributed by atoms with E-state index in [9.17, 15) is 13.2 Å². The average molecular weight is 416 g/mol. The molecule has 29 heavy (non-hydrogen) atoms. The molecule has 1 aromatic carbocycles. The van der Waals surface area contributed by atoms with Crippen LogP contribution < -0.4 is 14.5 Å². The Balaban J connectivity index is 1.44. The van der Waals surface area contributed by atoms with E-state index >= 15 is 0 Å². The summed E-state index contributed by atoms with van der Waals surface area (Å²) >= 11 is 0. The number of carbonyl (C=O) groups excluding carboxylic acids is 1. The van der Waals surface area contributed by atoms with Gasteiger partial charge >= 0.3 is 0 Å². The third-order valence-electron chi connectivity index (χ3n) is 5.57. The molecule has 1 amide bonds. The molecule has 0 bridgehead atoms. The number of anilines is 2.